The zero-order chi connectivity index (χ0) is 21.5. The lowest BCUT2D eigenvalue weighted by Gasteiger charge is -2.26. The number of hydrazine groups is 1. The Bertz CT molecular complexity index is 928. The van der Waals surface area contributed by atoms with Crippen molar-refractivity contribution in [2.45, 2.75) is 38.1 Å². The summed E-state index contributed by atoms with van der Waals surface area (Å²) in [5.41, 5.74) is 10.9. The van der Waals surface area contributed by atoms with E-state index in [0.717, 1.165) is 29.5 Å². The third kappa shape index (κ3) is 6.24. The Hall–Kier alpha value is -2.52. The van der Waals surface area contributed by atoms with Crippen molar-refractivity contribution in [2.24, 2.45) is 0 Å². The number of ketones is 1. The van der Waals surface area contributed by atoms with Crippen molar-refractivity contribution in [1.82, 2.24) is 15.8 Å². The molecule has 2 atom stereocenters. The second-order valence-electron chi connectivity index (χ2n) is 8.23. The molecule has 2 N–H and O–H groups in total. The molecule has 0 saturated heterocycles. The van der Waals surface area contributed by atoms with Crippen LogP contribution in [-0.4, -0.2) is 43.9 Å². The smallest absolute Gasteiger partial charge is 0.142 e. The van der Waals surface area contributed by atoms with Crippen molar-refractivity contribution >= 4 is 5.78 Å². The molecule has 4 nitrogen and oxygen atoms in total. The summed E-state index contributed by atoms with van der Waals surface area (Å²) in [6.45, 7) is 3.30. The lowest BCUT2D eigenvalue weighted by Crippen LogP contribution is -2.44. The molecule has 0 spiro atoms. The molecule has 30 heavy (non-hydrogen) atoms. The number of hydrogen-bond donors (Lipinski definition) is 2. The molecule has 158 valence electrons. The summed E-state index contributed by atoms with van der Waals surface area (Å²) in [7, 11) is 3.98. The van der Waals surface area contributed by atoms with E-state index in [9.17, 15) is 9.18 Å². The monoisotopic (exact) mass is 407 g/mol. The van der Waals surface area contributed by atoms with Gasteiger partial charge in [-0.15, -0.1) is 0 Å². The normalized spacial score (nSPS) is 16.7. The maximum Gasteiger partial charge on any atom is 0.142 e. The summed E-state index contributed by atoms with van der Waals surface area (Å²) >= 11 is 0. The van der Waals surface area contributed by atoms with Crippen molar-refractivity contribution in [3.05, 3.63) is 70.5 Å². The molecular weight excluding hydrogens is 377 g/mol. The van der Waals surface area contributed by atoms with Gasteiger partial charge >= 0.3 is 0 Å². The average Bonchev–Trinajstić information content (AvgIpc) is 2.71. The molecule has 2 aromatic carbocycles. The van der Waals surface area contributed by atoms with E-state index in [1.807, 2.05) is 25.1 Å². The maximum atomic E-state index is 13.1. The number of nitrogens with zero attached hydrogens (tertiary/aromatic N) is 1. The molecule has 0 bridgehead atoms. The van der Waals surface area contributed by atoms with Crippen LogP contribution in [0.3, 0.4) is 0 Å². The van der Waals surface area contributed by atoms with E-state index in [0.29, 0.717) is 19.5 Å². The number of halogens is 1. The van der Waals surface area contributed by atoms with Crippen LogP contribution >= 0.6 is 0 Å². The quantitative estimate of drug-likeness (QED) is 0.547. The molecule has 0 aromatic heterocycles. The Labute approximate surface area is 178 Å². The zero-order valence-corrected chi connectivity index (χ0v) is 18.0. The van der Waals surface area contributed by atoms with Crippen LogP contribution in [0, 0.1) is 17.7 Å². The largest absolute Gasteiger partial charge is 0.299 e. The number of Topliss-reactive ketones (excluding diaryl/α,β-unsaturated/α-hetero) is 1. The summed E-state index contributed by atoms with van der Waals surface area (Å²) in [5, 5.41) is 0. The van der Waals surface area contributed by atoms with Gasteiger partial charge in [-0.3, -0.25) is 20.5 Å². The van der Waals surface area contributed by atoms with Gasteiger partial charge in [-0.25, -0.2) is 4.39 Å². The minimum Gasteiger partial charge on any atom is -0.299 e. The number of fused-ring (bicyclic) bond motifs is 1. The number of carbonyl (C=O) groups is 1. The van der Waals surface area contributed by atoms with Gasteiger partial charge in [-0.1, -0.05) is 30.0 Å². The summed E-state index contributed by atoms with van der Waals surface area (Å²) in [5.74, 6) is 6.23. The fourth-order valence-electron chi connectivity index (χ4n) is 3.71. The SMILES string of the molecule is CC(Cc1ccc(F)cc1)NNCC1C(=O)CCc2ccc(C#CCN(C)C)cc21. The second kappa shape index (κ2) is 10.5. The first-order valence-corrected chi connectivity index (χ1v) is 10.4. The van der Waals surface area contributed by atoms with E-state index in [4.69, 9.17) is 0 Å². The highest BCUT2D eigenvalue weighted by Crippen LogP contribution is 2.29. The van der Waals surface area contributed by atoms with E-state index < -0.39 is 0 Å². The Morgan fingerprint density at radius 1 is 1.17 bits per heavy atom. The molecule has 3 rings (SSSR count). The first-order valence-electron chi connectivity index (χ1n) is 10.4. The predicted octanol–water partition coefficient (Wildman–Crippen LogP) is 3.06. The highest BCUT2D eigenvalue weighted by Gasteiger charge is 2.27. The molecule has 2 unspecified atom stereocenters. The van der Waals surface area contributed by atoms with E-state index in [-0.39, 0.29) is 23.6 Å². The number of benzene rings is 2. The first kappa shape index (κ1) is 22.2. The second-order valence-corrected chi connectivity index (χ2v) is 8.23. The van der Waals surface area contributed by atoms with E-state index >= 15 is 0 Å². The van der Waals surface area contributed by atoms with Crippen LogP contribution in [0.5, 0.6) is 0 Å². The van der Waals surface area contributed by atoms with Gasteiger partial charge in [0.1, 0.15) is 11.6 Å². The maximum absolute atomic E-state index is 13.1. The van der Waals surface area contributed by atoms with E-state index in [2.05, 4.69) is 41.7 Å². The van der Waals surface area contributed by atoms with Crippen LogP contribution in [0.15, 0.2) is 42.5 Å². The summed E-state index contributed by atoms with van der Waals surface area (Å²) < 4.78 is 13.1. The fraction of sp³-hybridized carbons (Fsp3) is 0.400. The van der Waals surface area contributed by atoms with Gasteiger partial charge in [0, 0.05) is 24.6 Å². The molecule has 1 aliphatic carbocycles. The average molecular weight is 408 g/mol. The molecule has 5 heteroatoms. The number of carbonyl (C=O) groups excluding carboxylic acids is 1. The van der Waals surface area contributed by atoms with Gasteiger partial charge < -0.3 is 0 Å². The third-order valence-electron chi connectivity index (χ3n) is 5.29. The van der Waals surface area contributed by atoms with Gasteiger partial charge in [-0.2, -0.15) is 0 Å². The fourth-order valence-corrected chi connectivity index (χ4v) is 3.71. The van der Waals surface area contributed by atoms with Gasteiger partial charge in [-0.05, 0) is 74.8 Å². The van der Waals surface area contributed by atoms with E-state index in [1.54, 1.807) is 12.1 Å². The molecule has 0 amide bonds. The highest BCUT2D eigenvalue weighted by molar-refractivity contribution is 5.88. The van der Waals surface area contributed by atoms with Crippen LogP contribution in [0.2, 0.25) is 0 Å². The molecule has 0 fully saturated rings. The van der Waals surface area contributed by atoms with Gasteiger partial charge in [0.25, 0.3) is 0 Å². The number of nitrogens with one attached hydrogen (secondary N) is 2. The predicted molar refractivity (Wildman–Crippen MR) is 119 cm³/mol. The molecule has 1 aliphatic rings. The summed E-state index contributed by atoms with van der Waals surface area (Å²) in [6.07, 6.45) is 2.15. The van der Waals surface area contributed by atoms with Gasteiger partial charge in [0.05, 0.1) is 12.5 Å². The van der Waals surface area contributed by atoms with Gasteiger partial charge in [0.2, 0.25) is 0 Å². The summed E-state index contributed by atoms with van der Waals surface area (Å²) in [6, 6.07) is 12.9. The Kier molecular flexibility index (Phi) is 7.75. The first-order chi connectivity index (χ1) is 14.4. The standard InChI is InChI=1S/C25H30FN3O/c1-18(15-20-7-11-22(26)12-8-20)28-27-17-24-23-16-19(5-4-14-29(2)3)6-9-21(23)10-13-25(24)30/h6-9,11-12,16,18,24,27-28H,10,13-15,17H2,1-3H3. The zero-order valence-electron chi connectivity index (χ0n) is 18.0. The number of aryl methyl sites for hydroxylation is 1. The van der Waals surface area contributed by atoms with Crippen molar-refractivity contribution in [1.29, 1.82) is 0 Å². The Morgan fingerprint density at radius 2 is 1.93 bits per heavy atom. The Balaban J connectivity index is 1.61. The van der Waals surface area contributed by atoms with Crippen LogP contribution in [0.25, 0.3) is 0 Å². The van der Waals surface area contributed by atoms with E-state index in [1.165, 1.54) is 17.7 Å². The number of rotatable bonds is 7. The molecule has 0 heterocycles. The van der Waals surface area contributed by atoms with Crippen LogP contribution < -0.4 is 10.9 Å². The van der Waals surface area contributed by atoms with Crippen molar-refractivity contribution in [3.63, 3.8) is 0 Å². The molecule has 0 radical (unpaired) electrons. The van der Waals surface area contributed by atoms with Crippen LogP contribution in [0.4, 0.5) is 4.39 Å². The van der Waals surface area contributed by atoms with Gasteiger partial charge in [0.15, 0.2) is 0 Å². The molecule has 0 saturated carbocycles. The topological polar surface area (TPSA) is 44.4 Å². The van der Waals surface area contributed by atoms with Crippen LogP contribution in [-0.2, 0) is 17.6 Å². The summed E-state index contributed by atoms with van der Waals surface area (Å²) in [4.78, 5) is 14.7. The third-order valence-corrected chi connectivity index (χ3v) is 5.29. The molecule has 2 aromatic rings. The minimum absolute atomic E-state index is 0.150. The molecule has 0 aliphatic heterocycles. The van der Waals surface area contributed by atoms with Crippen molar-refractivity contribution < 1.29 is 9.18 Å². The van der Waals surface area contributed by atoms with Crippen LogP contribution in [0.1, 0.15) is 41.5 Å². The lowest BCUT2D eigenvalue weighted by atomic mass is 9.81. The minimum atomic E-state index is -0.224. The number of hydrogen-bond acceptors (Lipinski definition) is 4. The van der Waals surface area contributed by atoms with Crippen molar-refractivity contribution in [3.8, 4) is 11.8 Å². The lowest BCUT2D eigenvalue weighted by molar-refractivity contribution is -0.120. The Morgan fingerprint density at radius 3 is 2.67 bits per heavy atom. The van der Waals surface area contributed by atoms with Crippen molar-refractivity contribution in [2.75, 3.05) is 27.2 Å². The molecular formula is C25H30FN3O. The highest BCUT2D eigenvalue weighted by atomic mass is 19.1.